The highest BCUT2D eigenvalue weighted by Crippen LogP contribution is 2.35. The highest BCUT2D eigenvalue weighted by Gasteiger charge is 2.16. The molecule has 3 rings (SSSR count). The van der Waals surface area contributed by atoms with Gasteiger partial charge in [-0.15, -0.1) is 0 Å². The number of benzene rings is 2. The largest absolute Gasteiger partial charge is 0.508 e. The molecule has 3 aromatic rings. The van der Waals surface area contributed by atoms with Gasteiger partial charge in [0.2, 0.25) is 5.43 Å². The Labute approximate surface area is 114 Å². The van der Waals surface area contributed by atoms with Gasteiger partial charge < -0.3 is 19.7 Å². The first kappa shape index (κ1) is 11.9. The van der Waals surface area contributed by atoms with Crippen LogP contribution < -0.4 is 5.43 Å². The quantitative estimate of drug-likeness (QED) is 0.553. The topological polar surface area (TPSA) is 90.9 Å². The van der Waals surface area contributed by atoms with Gasteiger partial charge in [-0.05, 0) is 28.1 Å². The smallest absolute Gasteiger partial charge is 0.208 e. The monoisotopic (exact) mass is 322 g/mol. The number of halogens is 1. The van der Waals surface area contributed by atoms with Crippen LogP contribution in [0.5, 0.6) is 17.2 Å². The summed E-state index contributed by atoms with van der Waals surface area (Å²) in [6.45, 7) is 0. The van der Waals surface area contributed by atoms with E-state index in [1.165, 1.54) is 18.2 Å². The van der Waals surface area contributed by atoms with Crippen LogP contribution in [0.4, 0.5) is 0 Å². The number of fused-ring (bicyclic) bond motifs is 2. The van der Waals surface area contributed by atoms with E-state index in [9.17, 15) is 20.1 Å². The zero-order chi connectivity index (χ0) is 13.7. The van der Waals surface area contributed by atoms with Crippen LogP contribution in [0.15, 0.2) is 37.9 Å². The van der Waals surface area contributed by atoms with Crippen LogP contribution in [0.3, 0.4) is 0 Å². The fraction of sp³-hybridized carbons (Fsp3) is 0. The van der Waals surface area contributed by atoms with E-state index in [2.05, 4.69) is 15.9 Å². The summed E-state index contributed by atoms with van der Waals surface area (Å²) in [7, 11) is 0. The molecule has 0 aliphatic rings. The van der Waals surface area contributed by atoms with Crippen molar-refractivity contribution in [3.8, 4) is 17.2 Å². The van der Waals surface area contributed by atoms with Gasteiger partial charge in [-0.1, -0.05) is 0 Å². The van der Waals surface area contributed by atoms with Gasteiger partial charge >= 0.3 is 0 Å². The van der Waals surface area contributed by atoms with E-state index in [1.807, 2.05) is 0 Å². The van der Waals surface area contributed by atoms with E-state index in [-0.39, 0.29) is 33.4 Å². The van der Waals surface area contributed by atoms with Gasteiger partial charge in [-0.25, -0.2) is 0 Å². The molecule has 0 saturated heterocycles. The van der Waals surface area contributed by atoms with Gasteiger partial charge in [0.25, 0.3) is 0 Å². The summed E-state index contributed by atoms with van der Waals surface area (Å²) in [5, 5.41) is 28.9. The lowest BCUT2D eigenvalue weighted by Crippen LogP contribution is -2.02. The molecule has 0 amide bonds. The molecule has 0 aliphatic heterocycles. The van der Waals surface area contributed by atoms with Crippen molar-refractivity contribution in [3.63, 3.8) is 0 Å². The average molecular weight is 323 g/mol. The molecule has 0 spiro atoms. The molecule has 19 heavy (non-hydrogen) atoms. The summed E-state index contributed by atoms with van der Waals surface area (Å²) in [5.74, 6) is -0.862. The van der Waals surface area contributed by atoms with Gasteiger partial charge in [0.1, 0.15) is 39.2 Å². The molecule has 6 heteroatoms. The maximum absolute atomic E-state index is 12.3. The number of hydrogen-bond donors (Lipinski definition) is 3. The second kappa shape index (κ2) is 3.89. The minimum absolute atomic E-state index is 0.0251. The van der Waals surface area contributed by atoms with Crippen LogP contribution in [-0.2, 0) is 0 Å². The number of phenols is 3. The normalized spacial score (nSPS) is 11.2. The van der Waals surface area contributed by atoms with Gasteiger partial charge in [0.05, 0.1) is 4.47 Å². The molecular formula is C13H7BrO5. The third-order valence-electron chi connectivity index (χ3n) is 2.83. The van der Waals surface area contributed by atoms with E-state index in [0.29, 0.717) is 4.47 Å². The molecule has 5 nitrogen and oxygen atoms in total. The average Bonchev–Trinajstić information content (AvgIpc) is 2.32. The molecule has 0 unspecified atom stereocenters. The standard InChI is InChI=1S/C13H7BrO5/c14-6-1-2-8-11(12(6)17)13(18)10-7(16)3-5(15)4-9(10)19-8/h1-4,15-17H. The van der Waals surface area contributed by atoms with Gasteiger partial charge in [0.15, 0.2) is 0 Å². The van der Waals surface area contributed by atoms with Crippen molar-refractivity contribution in [1.82, 2.24) is 0 Å². The third kappa shape index (κ3) is 1.64. The van der Waals surface area contributed by atoms with E-state index < -0.39 is 11.2 Å². The first-order valence-electron chi connectivity index (χ1n) is 5.29. The zero-order valence-electron chi connectivity index (χ0n) is 9.35. The van der Waals surface area contributed by atoms with Crippen molar-refractivity contribution in [2.24, 2.45) is 0 Å². The lowest BCUT2D eigenvalue weighted by Gasteiger charge is -2.06. The number of phenolic OH excluding ortho intramolecular Hbond substituents is 3. The molecular weight excluding hydrogens is 316 g/mol. The van der Waals surface area contributed by atoms with Gasteiger partial charge in [-0.3, -0.25) is 4.79 Å². The van der Waals surface area contributed by atoms with Crippen LogP contribution in [0.1, 0.15) is 0 Å². The Morgan fingerprint density at radius 2 is 1.74 bits per heavy atom. The van der Waals surface area contributed by atoms with Crippen LogP contribution in [0.2, 0.25) is 0 Å². The van der Waals surface area contributed by atoms with Crippen LogP contribution in [0, 0.1) is 0 Å². The summed E-state index contributed by atoms with van der Waals surface area (Å²) in [6.07, 6.45) is 0. The van der Waals surface area contributed by atoms with Crippen LogP contribution >= 0.6 is 15.9 Å². The maximum atomic E-state index is 12.3. The molecule has 1 aromatic heterocycles. The SMILES string of the molecule is O=c1c2c(O)cc(O)cc2oc2ccc(Br)c(O)c12. The summed E-state index contributed by atoms with van der Waals surface area (Å²) in [5.41, 5.74) is -0.340. The van der Waals surface area contributed by atoms with E-state index >= 15 is 0 Å². The second-order valence-corrected chi connectivity index (χ2v) is 4.89. The van der Waals surface area contributed by atoms with Gasteiger partial charge in [-0.2, -0.15) is 0 Å². The molecule has 0 saturated carbocycles. The Kier molecular flexibility index (Phi) is 2.43. The lowest BCUT2D eigenvalue weighted by molar-refractivity contribution is 0.453. The Morgan fingerprint density at radius 1 is 1.00 bits per heavy atom. The number of aromatic hydroxyl groups is 3. The molecule has 0 atom stereocenters. The van der Waals surface area contributed by atoms with Crippen molar-refractivity contribution in [3.05, 3.63) is 39.0 Å². The molecule has 0 radical (unpaired) electrons. The minimum Gasteiger partial charge on any atom is -0.508 e. The summed E-state index contributed by atoms with van der Waals surface area (Å²) in [4.78, 5) is 12.3. The summed E-state index contributed by atoms with van der Waals surface area (Å²) >= 11 is 3.11. The molecule has 1 heterocycles. The second-order valence-electron chi connectivity index (χ2n) is 4.04. The van der Waals surface area contributed by atoms with Crippen molar-refractivity contribution >= 4 is 37.9 Å². The van der Waals surface area contributed by atoms with Gasteiger partial charge in [0, 0.05) is 12.1 Å². The fourth-order valence-electron chi connectivity index (χ4n) is 1.99. The Hall–Kier alpha value is -2.21. The molecule has 3 N–H and O–H groups in total. The minimum atomic E-state index is -0.562. The van der Waals surface area contributed by atoms with E-state index in [0.717, 1.165) is 6.07 Å². The molecule has 0 aliphatic carbocycles. The Balaban J connectivity index is 2.65. The molecule has 0 bridgehead atoms. The Bertz CT molecular complexity index is 882. The number of hydrogen-bond acceptors (Lipinski definition) is 5. The first-order chi connectivity index (χ1) is 8.99. The summed E-state index contributed by atoms with van der Waals surface area (Å²) in [6, 6.07) is 5.32. The van der Waals surface area contributed by atoms with Crippen molar-refractivity contribution in [2.45, 2.75) is 0 Å². The molecule has 2 aromatic carbocycles. The predicted molar refractivity (Wildman–Crippen MR) is 72.7 cm³/mol. The van der Waals surface area contributed by atoms with E-state index in [1.54, 1.807) is 0 Å². The molecule has 96 valence electrons. The maximum Gasteiger partial charge on any atom is 0.208 e. The van der Waals surface area contributed by atoms with Crippen molar-refractivity contribution < 1.29 is 19.7 Å². The first-order valence-corrected chi connectivity index (χ1v) is 6.08. The van der Waals surface area contributed by atoms with Crippen molar-refractivity contribution in [1.29, 1.82) is 0 Å². The van der Waals surface area contributed by atoms with Crippen LogP contribution in [0.25, 0.3) is 21.9 Å². The lowest BCUT2D eigenvalue weighted by atomic mass is 10.1. The zero-order valence-corrected chi connectivity index (χ0v) is 10.9. The molecule has 0 fully saturated rings. The predicted octanol–water partition coefficient (Wildman–Crippen LogP) is 2.83. The fourth-order valence-corrected chi connectivity index (χ4v) is 2.32. The third-order valence-corrected chi connectivity index (χ3v) is 3.47. The van der Waals surface area contributed by atoms with E-state index in [4.69, 9.17) is 4.42 Å². The highest BCUT2D eigenvalue weighted by atomic mass is 79.9. The van der Waals surface area contributed by atoms with Crippen molar-refractivity contribution in [2.75, 3.05) is 0 Å². The summed E-state index contributed by atoms with van der Waals surface area (Å²) < 4.78 is 5.78. The Morgan fingerprint density at radius 3 is 2.47 bits per heavy atom. The number of rotatable bonds is 0. The highest BCUT2D eigenvalue weighted by molar-refractivity contribution is 9.10. The van der Waals surface area contributed by atoms with Crippen LogP contribution in [-0.4, -0.2) is 15.3 Å².